The molecule has 1 saturated heterocycles. The summed E-state index contributed by atoms with van der Waals surface area (Å²) < 4.78 is 10.0. The van der Waals surface area contributed by atoms with Crippen LogP contribution < -0.4 is 10.6 Å². The number of hydrogen-bond donors (Lipinski definition) is 2. The van der Waals surface area contributed by atoms with Crippen LogP contribution in [0.25, 0.3) is 0 Å². The minimum atomic E-state index is -0.549. The van der Waals surface area contributed by atoms with Crippen LogP contribution in [-0.4, -0.2) is 68.3 Å². The second-order valence-corrected chi connectivity index (χ2v) is 7.55. The van der Waals surface area contributed by atoms with E-state index in [1.54, 1.807) is 27.9 Å². The molecule has 0 unspecified atom stereocenters. The molecule has 0 bridgehead atoms. The van der Waals surface area contributed by atoms with Gasteiger partial charge in [0.05, 0.1) is 13.0 Å². The summed E-state index contributed by atoms with van der Waals surface area (Å²) in [4.78, 5) is 37.1. The number of nitrogens with zero attached hydrogens (tertiary/aromatic N) is 1. The van der Waals surface area contributed by atoms with Crippen LogP contribution >= 0.6 is 0 Å². The molecule has 26 heavy (non-hydrogen) atoms. The first-order valence-corrected chi connectivity index (χ1v) is 9.21. The number of piperidine rings is 1. The number of amides is 3. The summed E-state index contributed by atoms with van der Waals surface area (Å²) in [6.07, 6.45) is 1.89. The first kappa shape index (κ1) is 22.2. The standard InChI is InChI=1S/C18H33N3O5/c1-18(2,3)26-17(24)19-9-5-15(22)20-13-14-6-10-21(11-7-14)16(23)8-12-25-4/h14H,5-13H2,1-4H3,(H,19,24)(H,20,22). The van der Waals surface area contributed by atoms with Crippen molar-refractivity contribution in [1.82, 2.24) is 15.5 Å². The summed E-state index contributed by atoms with van der Waals surface area (Å²) >= 11 is 0. The van der Waals surface area contributed by atoms with Crippen molar-refractivity contribution in [3.05, 3.63) is 0 Å². The molecule has 1 rings (SSSR count). The maximum absolute atomic E-state index is 11.9. The van der Waals surface area contributed by atoms with Crippen molar-refractivity contribution < 1.29 is 23.9 Å². The van der Waals surface area contributed by atoms with Crippen molar-refractivity contribution in [2.24, 2.45) is 5.92 Å². The van der Waals surface area contributed by atoms with Gasteiger partial charge in [-0.25, -0.2) is 4.79 Å². The second-order valence-electron chi connectivity index (χ2n) is 7.55. The third-order valence-corrected chi connectivity index (χ3v) is 4.10. The van der Waals surface area contributed by atoms with Crippen LogP contribution in [0.1, 0.15) is 46.5 Å². The summed E-state index contributed by atoms with van der Waals surface area (Å²) in [6, 6.07) is 0. The molecular formula is C18H33N3O5. The average Bonchev–Trinajstić information content (AvgIpc) is 2.56. The Morgan fingerprint density at radius 1 is 1.08 bits per heavy atom. The molecule has 0 spiro atoms. The van der Waals surface area contributed by atoms with E-state index in [9.17, 15) is 14.4 Å². The van der Waals surface area contributed by atoms with Crippen LogP contribution in [0.3, 0.4) is 0 Å². The first-order chi connectivity index (χ1) is 12.2. The Labute approximate surface area is 156 Å². The Morgan fingerprint density at radius 3 is 2.31 bits per heavy atom. The number of nitrogens with one attached hydrogen (secondary N) is 2. The van der Waals surface area contributed by atoms with Crippen molar-refractivity contribution in [2.75, 3.05) is 39.9 Å². The molecule has 0 atom stereocenters. The highest BCUT2D eigenvalue weighted by molar-refractivity contribution is 5.77. The summed E-state index contributed by atoms with van der Waals surface area (Å²) in [6.45, 7) is 8.11. The smallest absolute Gasteiger partial charge is 0.407 e. The van der Waals surface area contributed by atoms with Crippen LogP contribution in [0.2, 0.25) is 0 Å². The van der Waals surface area contributed by atoms with E-state index in [1.165, 1.54) is 0 Å². The monoisotopic (exact) mass is 371 g/mol. The summed E-state index contributed by atoms with van der Waals surface area (Å²) in [5, 5.41) is 5.46. The van der Waals surface area contributed by atoms with E-state index >= 15 is 0 Å². The van der Waals surface area contributed by atoms with E-state index in [0.717, 1.165) is 25.9 Å². The van der Waals surface area contributed by atoms with E-state index in [0.29, 0.717) is 25.5 Å². The summed E-state index contributed by atoms with van der Waals surface area (Å²) in [5.74, 6) is 0.409. The molecule has 1 aliphatic heterocycles. The molecule has 0 aromatic heterocycles. The minimum Gasteiger partial charge on any atom is -0.444 e. The average molecular weight is 371 g/mol. The Morgan fingerprint density at radius 2 is 1.73 bits per heavy atom. The fraction of sp³-hybridized carbons (Fsp3) is 0.833. The highest BCUT2D eigenvalue weighted by Crippen LogP contribution is 2.17. The topological polar surface area (TPSA) is 97.0 Å². The number of carbonyl (C=O) groups is 3. The maximum atomic E-state index is 11.9. The molecule has 1 fully saturated rings. The number of carbonyl (C=O) groups excluding carboxylic acids is 3. The Bertz CT molecular complexity index is 468. The second kappa shape index (κ2) is 11.0. The maximum Gasteiger partial charge on any atom is 0.407 e. The largest absolute Gasteiger partial charge is 0.444 e. The van der Waals surface area contributed by atoms with Crippen molar-refractivity contribution in [3.63, 3.8) is 0 Å². The van der Waals surface area contributed by atoms with Gasteiger partial charge in [-0.15, -0.1) is 0 Å². The van der Waals surface area contributed by atoms with Crippen molar-refractivity contribution in [1.29, 1.82) is 0 Å². The van der Waals surface area contributed by atoms with E-state index in [1.807, 2.05) is 4.90 Å². The fourth-order valence-corrected chi connectivity index (χ4v) is 2.67. The van der Waals surface area contributed by atoms with Crippen molar-refractivity contribution in [2.45, 2.75) is 52.1 Å². The summed E-state index contributed by atoms with van der Waals surface area (Å²) in [5.41, 5.74) is -0.549. The SMILES string of the molecule is COCCC(=O)N1CCC(CNC(=O)CCNC(=O)OC(C)(C)C)CC1. The fourth-order valence-electron chi connectivity index (χ4n) is 2.67. The highest BCUT2D eigenvalue weighted by Gasteiger charge is 2.22. The van der Waals surface area contributed by atoms with Gasteiger partial charge in [0, 0.05) is 39.7 Å². The lowest BCUT2D eigenvalue weighted by molar-refractivity contribution is -0.133. The normalized spacial score (nSPS) is 15.5. The first-order valence-electron chi connectivity index (χ1n) is 9.21. The van der Waals surface area contributed by atoms with Crippen LogP contribution in [-0.2, 0) is 19.1 Å². The van der Waals surface area contributed by atoms with Crippen molar-refractivity contribution >= 4 is 17.9 Å². The van der Waals surface area contributed by atoms with Gasteiger partial charge in [0.25, 0.3) is 0 Å². The van der Waals surface area contributed by atoms with Crippen LogP contribution in [0.5, 0.6) is 0 Å². The zero-order chi connectivity index (χ0) is 19.6. The lowest BCUT2D eigenvalue weighted by Crippen LogP contribution is -2.42. The zero-order valence-electron chi connectivity index (χ0n) is 16.4. The molecule has 0 aromatic rings. The number of rotatable bonds is 8. The Balaban J connectivity index is 2.13. The molecular weight excluding hydrogens is 338 g/mol. The molecule has 8 heteroatoms. The molecule has 1 aliphatic rings. The molecule has 150 valence electrons. The third kappa shape index (κ3) is 9.60. The summed E-state index contributed by atoms with van der Waals surface area (Å²) in [7, 11) is 1.59. The van der Waals surface area contributed by atoms with E-state index < -0.39 is 11.7 Å². The van der Waals surface area contributed by atoms with E-state index in [4.69, 9.17) is 9.47 Å². The van der Waals surface area contributed by atoms with Gasteiger partial charge in [-0.2, -0.15) is 0 Å². The van der Waals surface area contributed by atoms with Crippen LogP contribution in [0.15, 0.2) is 0 Å². The molecule has 2 N–H and O–H groups in total. The van der Waals surface area contributed by atoms with Gasteiger partial charge in [0.1, 0.15) is 5.60 Å². The number of alkyl carbamates (subject to hydrolysis) is 1. The molecule has 1 heterocycles. The predicted molar refractivity (Wildman–Crippen MR) is 97.7 cm³/mol. The minimum absolute atomic E-state index is 0.0975. The third-order valence-electron chi connectivity index (χ3n) is 4.10. The van der Waals surface area contributed by atoms with Gasteiger partial charge in [-0.3, -0.25) is 9.59 Å². The number of ether oxygens (including phenoxy) is 2. The quantitative estimate of drug-likeness (QED) is 0.670. The predicted octanol–water partition coefficient (Wildman–Crippen LogP) is 1.29. The molecule has 8 nitrogen and oxygen atoms in total. The van der Waals surface area contributed by atoms with Gasteiger partial charge >= 0.3 is 6.09 Å². The van der Waals surface area contributed by atoms with Crippen molar-refractivity contribution in [3.8, 4) is 0 Å². The highest BCUT2D eigenvalue weighted by atomic mass is 16.6. The van der Waals surface area contributed by atoms with E-state index in [-0.39, 0.29) is 24.8 Å². The van der Waals surface area contributed by atoms with Gasteiger partial charge < -0.3 is 25.0 Å². The van der Waals surface area contributed by atoms with E-state index in [2.05, 4.69) is 10.6 Å². The number of hydrogen-bond acceptors (Lipinski definition) is 5. The van der Waals surface area contributed by atoms with Gasteiger partial charge in [0.2, 0.25) is 11.8 Å². The zero-order valence-corrected chi connectivity index (χ0v) is 16.4. The number of likely N-dealkylation sites (tertiary alicyclic amines) is 1. The lowest BCUT2D eigenvalue weighted by Gasteiger charge is -2.32. The van der Waals surface area contributed by atoms with Crippen LogP contribution in [0.4, 0.5) is 4.79 Å². The molecule has 0 radical (unpaired) electrons. The van der Waals surface area contributed by atoms with Gasteiger partial charge in [0.15, 0.2) is 0 Å². The molecule has 3 amide bonds. The Kier molecular flexibility index (Phi) is 9.40. The van der Waals surface area contributed by atoms with Crippen LogP contribution in [0, 0.1) is 5.92 Å². The molecule has 0 aromatic carbocycles. The van der Waals surface area contributed by atoms with Gasteiger partial charge in [-0.05, 0) is 39.5 Å². The molecule has 0 saturated carbocycles. The number of methoxy groups -OCH3 is 1. The molecule has 0 aliphatic carbocycles. The lowest BCUT2D eigenvalue weighted by atomic mass is 9.96. The van der Waals surface area contributed by atoms with Gasteiger partial charge in [-0.1, -0.05) is 0 Å². The Hall–Kier alpha value is -1.83.